The minimum Gasteiger partial charge on any atom is -0.0623 e. The summed E-state index contributed by atoms with van der Waals surface area (Å²) in [5.74, 6) is 0.435. The topological polar surface area (TPSA) is 0 Å². The van der Waals surface area contributed by atoms with E-state index in [-0.39, 0.29) is 16.2 Å². The van der Waals surface area contributed by atoms with Crippen LogP contribution in [0.1, 0.15) is 146 Å². The van der Waals surface area contributed by atoms with E-state index >= 15 is 0 Å². The SMILES string of the molecule is Cc1cc2c(cc1C(C)(C)C)-c1cc(C(C)(C)C)c(C)cc1C2C1(C)CCC2=C1C=C(C1(C)CCCCC1)C2. The van der Waals surface area contributed by atoms with Crippen LogP contribution in [-0.4, -0.2) is 0 Å². The molecule has 4 aliphatic carbocycles. The van der Waals surface area contributed by atoms with Crippen LogP contribution in [0.5, 0.6) is 0 Å². The molecule has 1 fully saturated rings. The molecule has 2 aromatic rings. The monoisotopic (exact) mass is 520 g/mol. The molecular formula is C39H52. The third kappa shape index (κ3) is 4.14. The first-order valence-electron chi connectivity index (χ1n) is 15.9. The first-order valence-corrected chi connectivity index (χ1v) is 15.9. The van der Waals surface area contributed by atoms with Gasteiger partial charge in [-0.1, -0.05) is 116 Å². The van der Waals surface area contributed by atoms with Gasteiger partial charge in [-0.2, -0.15) is 0 Å². The zero-order valence-electron chi connectivity index (χ0n) is 26.6. The Bertz CT molecular complexity index is 1330. The van der Waals surface area contributed by atoms with Crippen LogP contribution in [0.2, 0.25) is 0 Å². The number of hydrogen-bond acceptors (Lipinski definition) is 0. The van der Waals surface area contributed by atoms with Crippen molar-refractivity contribution in [2.45, 2.75) is 137 Å². The molecule has 0 heteroatoms. The molecule has 39 heavy (non-hydrogen) atoms. The number of fused-ring (bicyclic) bond motifs is 3. The molecule has 0 spiro atoms. The fraction of sp³-hybridized carbons (Fsp3) is 0.590. The first kappa shape index (κ1) is 27.1. The quantitative estimate of drug-likeness (QED) is 0.369. The van der Waals surface area contributed by atoms with Crippen molar-refractivity contribution in [2.75, 3.05) is 0 Å². The summed E-state index contributed by atoms with van der Waals surface area (Å²) < 4.78 is 0. The van der Waals surface area contributed by atoms with E-state index in [2.05, 4.69) is 99.6 Å². The minimum atomic E-state index is 0.139. The smallest absolute Gasteiger partial charge is 0.0196 e. The highest BCUT2D eigenvalue weighted by Gasteiger charge is 2.50. The van der Waals surface area contributed by atoms with E-state index in [1.165, 1.54) is 84.7 Å². The van der Waals surface area contributed by atoms with Gasteiger partial charge in [-0.3, -0.25) is 0 Å². The molecule has 208 valence electrons. The van der Waals surface area contributed by atoms with Crippen molar-refractivity contribution in [1.82, 2.24) is 0 Å². The fourth-order valence-corrected chi connectivity index (χ4v) is 9.20. The van der Waals surface area contributed by atoms with Crippen LogP contribution >= 0.6 is 0 Å². The molecule has 0 aromatic heterocycles. The third-order valence-corrected chi connectivity index (χ3v) is 11.4. The highest BCUT2D eigenvalue weighted by atomic mass is 14.5. The molecule has 1 unspecified atom stereocenters. The predicted octanol–water partition coefficient (Wildman–Crippen LogP) is 11.4. The molecule has 4 aliphatic rings. The maximum atomic E-state index is 2.73. The van der Waals surface area contributed by atoms with Gasteiger partial charge in [-0.25, -0.2) is 0 Å². The van der Waals surface area contributed by atoms with Crippen molar-refractivity contribution in [3.05, 3.63) is 80.4 Å². The zero-order chi connectivity index (χ0) is 28.1. The molecule has 0 bridgehead atoms. The molecule has 0 heterocycles. The van der Waals surface area contributed by atoms with E-state index in [1.54, 1.807) is 27.8 Å². The molecule has 2 aromatic carbocycles. The maximum absolute atomic E-state index is 2.73. The van der Waals surface area contributed by atoms with Crippen molar-refractivity contribution in [2.24, 2.45) is 10.8 Å². The molecular weight excluding hydrogens is 468 g/mol. The second-order valence-corrected chi connectivity index (χ2v) is 16.3. The Morgan fingerprint density at radius 1 is 0.692 bits per heavy atom. The average Bonchev–Trinajstić information content (AvgIpc) is 3.49. The molecule has 1 saturated carbocycles. The highest BCUT2D eigenvalue weighted by Crippen LogP contribution is 2.64. The van der Waals surface area contributed by atoms with Crippen molar-refractivity contribution < 1.29 is 0 Å². The van der Waals surface area contributed by atoms with Crippen molar-refractivity contribution in [3.63, 3.8) is 0 Å². The molecule has 0 N–H and O–H groups in total. The molecule has 0 nitrogen and oxygen atoms in total. The van der Waals surface area contributed by atoms with Gasteiger partial charge in [-0.05, 0) is 112 Å². The number of rotatable bonds is 2. The van der Waals surface area contributed by atoms with Gasteiger partial charge in [-0.15, -0.1) is 0 Å². The van der Waals surface area contributed by atoms with Crippen molar-refractivity contribution >= 4 is 0 Å². The normalized spacial score (nSPS) is 24.6. The summed E-state index contributed by atoms with van der Waals surface area (Å²) in [6.45, 7) is 24.1. The van der Waals surface area contributed by atoms with E-state index in [4.69, 9.17) is 0 Å². The first-order chi connectivity index (χ1) is 18.1. The molecule has 0 aliphatic heterocycles. The summed E-state index contributed by atoms with van der Waals surface area (Å²) in [7, 11) is 0. The standard InChI is InChI=1S/C39H52/c1-24-18-30-28(22-32(24)36(3,4)5)29-23-33(37(6,7)8)25(2)19-31(29)35(30)39(10)17-14-26-20-27(21-34(26)39)38(9)15-12-11-13-16-38/h18-19,21-23,35H,11-17,20H2,1-10H3. The highest BCUT2D eigenvalue weighted by molar-refractivity contribution is 5.82. The van der Waals surface area contributed by atoms with E-state index in [1.807, 2.05) is 0 Å². The Morgan fingerprint density at radius 2 is 1.21 bits per heavy atom. The number of allylic oxidation sites excluding steroid dienone is 4. The Kier molecular flexibility index (Phi) is 6.05. The summed E-state index contributed by atoms with van der Waals surface area (Å²) in [4.78, 5) is 0. The summed E-state index contributed by atoms with van der Waals surface area (Å²) in [5, 5.41) is 0. The summed E-state index contributed by atoms with van der Waals surface area (Å²) in [6, 6.07) is 10.4. The van der Waals surface area contributed by atoms with Gasteiger partial charge in [0.15, 0.2) is 0 Å². The average molecular weight is 521 g/mol. The lowest BCUT2D eigenvalue weighted by atomic mass is 9.66. The lowest BCUT2D eigenvalue weighted by Crippen LogP contribution is -2.26. The van der Waals surface area contributed by atoms with Gasteiger partial charge < -0.3 is 0 Å². The van der Waals surface area contributed by atoms with E-state index in [9.17, 15) is 0 Å². The van der Waals surface area contributed by atoms with E-state index in [0.717, 1.165) is 0 Å². The Labute approximate surface area is 239 Å². The predicted molar refractivity (Wildman–Crippen MR) is 169 cm³/mol. The van der Waals surface area contributed by atoms with Crippen LogP contribution < -0.4 is 0 Å². The summed E-state index contributed by atoms with van der Waals surface area (Å²) in [6.07, 6.45) is 13.5. The van der Waals surface area contributed by atoms with Crippen LogP contribution in [0, 0.1) is 24.7 Å². The summed E-state index contributed by atoms with van der Waals surface area (Å²) in [5.41, 5.74) is 18.2. The van der Waals surface area contributed by atoms with Crippen LogP contribution in [0.3, 0.4) is 0 Å². The fourth-order valence-electron chi connectivity index (χ4n) is 9.20. The van der Waals surface area contributed by atoms with Crippen molar-refractivity contribution in [3.8, 4) is 11.1 Å². The molecule has 0 saturated heterocycles. The van der Waals surface area contributed by atoms with Gasteiger partial charge >= 0.3 is 0 Å². The number of aryl methyl sites for hydroxylation is 2. The van der Waals surface area contributed by atoms with Gasteiger partial charge in [0, 0.05) is 11.3 Å². The second-order valence-electron chi connectivity index (χ2n) is 16.3. The molecule has 1 atom stereocenters. The van der Waals surface area contributed by atoms with Crippen molar-refractivity contribution in [1.29, 1.82) is 0 Å². The lowest BCUT2D eigenvalue weighted by Gasteiger charge is -2.38. The molecule has 0 radical (unpaired) electrons. The van der Waals surface area contributed by atoms with Crippen LogP contribution in [0.25, 0.3) is 11.1 Å². The molecule has 6 rings (SSSR count). The van der Waals surface area contributed by atoms with Gasteiger partial charge in [0.2, 0.25) is 0 Å². The Balaban J connectivity index is 1.54. The number of hydrogen-bond donors (Lipinski definition) is 0. The number of benzene rings is 2. The maximum Gasteiger partial charge on any atom is 0.0196 e. The van der Waals surface area contributed by atoms with Gasteiger partial charge in [0.05, 0.1) is 0 Å². The van der Waals surface area contributed by atoms with Crippen LogP contribution in [-0.2, 0) is 10.8 Å². The summed E-state index contributed by atoms with van der Waals surface area (Å²) >= 11 is 0. The Morgan fingerprint density at radius 3 is 1.69 bits per heavy atom. The van der Waals surface area contributed by atoms with Gasteiger partial charge in [0.1, 0.15) is 0 Å². The van der Waals surface area contributed by atoms with Crippen LogP contribution in [0.15, 0.2) is 47.1 Å². The van der Waals surface area contributed by atoms with E-state index < -0.39 is 0 Å². The zero-order valence-corrected chi connectivity index (χ0v) is 26.6. The third-order valence-electron chi connectivity index (χ3n) is 11.4. The van der Waals surface area contributed by atoms with Gasteiger partial charge in [0.25, 0.3) is 0 Å². The Hall–Kier alpha value is -2.08. The second kappa shape index (κ2) is 8.71. The lowest BCUT2D eigenvalue weighted by molar-refractivity contribution is 0.262. The minimum absolute atomic E-state index is 0.139. The molecule has 0 amide bonds. The van der Waals surface area contributed by atoms with E-state index in [0.29, 0.717) is 11.3 Å². The largest absolute Gasteiger partial charge is 0.0623 e. The van der Waals surface area contributed by atoms with Crippen LogP contribution in [0.4, 0.5) is 0 Å².